The highest BCUT2D eigenvalue weighted by Crippen LogP contribution is 2.28. The second kappa shape index (κ2) is 13.1. The number of aromatic nitrogens is 2. The van der Waals surface area contributed by atoms with E-state index in [1.807, 2.05) is 36.4 Å². The zero-order valence-electron chi connectivity index (χ0n) is 18.3. The lowest BCUT2D eigenvalue weighted by Crippen LogP contribution is -2.45. The number of hydrogen-bond donors (Lipinski definition) is 2. The summed E-state index contributed by atoms with van der Waals surface area (Å²) in [7, 11) is 0. The molecule has 2 aromatic heterocycles. The molecule has 0 unspecified atom stereocenters. The average Bonchev–Trinajstić information content (AvgIpc) is 2.79. The fraction of sp³-hybridized carbons (Fsp3) is 0.250. The van der Waals surface area contributed by atoms with Gasteiger partial charge >= 0.3 is 0 Å². The smallest absolute Gasteiger partial charge is 0.141 e. The Bertz CT molecular complexity index is 1120. The van der Waals surface area contributed by atoms with Crippen LogP contribution in [0.3, 0.4) is 0 Å². The standard InChI is InChI=1S/C24H24N4O2.4ClH/c29-21-7-5-17(19-3-1-9-25-23(19)21)15-27-11-13-28(14-12-27)16-18-6-8-22(30)24-20(18)4-2-10-26-24;;;;/h1-10,29-30H,11-16H2;4*1H. The first-order chi connectivity index (χ1) is 14.7. The number of pyridine rings is 2. The van der Waals surface area contributed by atoms with E-state index in [9.17, 15) is 10.2 Å². The molecular weight excluding hydrogens is 518 g/mol. The van der Waals surface area contributed by atoms with Crippen molar-refractivity contribution < 1.29 is 10.2 Å². The van der Waals surface area contributed by atoms with E-state index in [4.69, 9.17) is 0 Å². The molecule has 0 atom stereocenters. The minimum Gasteiger partial charge on any atom is -0.506 e. The van der Waals surface area contributed by atoms with E-state index in [-0.39, 0.29) is 61.1 Å². The van der Waals surface area contributed by atoms with Crippen LogP contribution in [0.15, 0.2) is 60.9 Å². The Morgan fingerprint density at radius 2 is 0.971 bits per heavy atom. The fourth-order valence-corrected chi connectivity index (χ4v) is 4.30. The number of benzene rings is 2. The fourth-order valence-electron chi connectivity index (χ4n) is 4.30. The van der Waals surface area contributed by atoms with Crippen molar-refractivity contribution in [1.29, 1.82) is 0 Å². The molecule has 0 bridgehead atoms. The summed E-state index contributed by atoms with van der Waals surface area (Å²) in [5, 5.41) is 22.2. The van der Waals surface area contributed by atoms with Crippen LogP contribution in [0, 0.1) is 0 Å². The van der Waals surface area contributed by atoms with Gasteiger partial charge in [0.1, 0.15) is 22.5 Å². The molecule has 2 aromatic carbocycles. The van der Waals surface area contributed by atoms with Gasteiger partial charge in [-0.25, -0.2) is 0 Å². The Balaban J connectivity index is 0.00000144. The van der Waals surface area contributed by atoms with Gasteiger partial charge in [0.2, 0.25) is 0 Å². The molecule has 184 valence electrons. The first-order valence-corrected chi connectivity index (χ1v) is 10.2. The van der Waals surface area contributed by atoms with E-state index in [1.54, 1.807) is 24.5 Å². The minimum absolute atomic E-state index is 0. The van der Waals surface area contributed by atoms with Crippen molar-refractivity contribution in [2.75, 3.05) is 26.2 Å². The summed E-state index contributed by atoms with van der Waals surface area (Å²) >= 11 is 0. The van der Waals surface area contributed by atoms with Crippen LogP contribution >= 0.6 is 49.6 Å². The highest BCUT2D eigenvalue weighted by atomic mass is 35.5. The van der Waals surface area contributed by atoms with Gasteiger partial charge in [-0.2, -0.15) is 0 Å². The summed E-state index contributed by atoms with van der Waals surface area (Å²) in [6.45, 7) is 5.63. The number of aromatic hydroxyl groups is 2. The lowest BCUT2D eigenvalue weighted by Gasteiger charge is -2.35. The van der Waals surface area contributed by atoms with E-state index in [0.717, 1.165) is 50.0 Å². The lowest BCUT2D eigenvalue weighted by molar-refractivity contribution is 0.122. The maximum absolute atomic E-state index is 10.1. The van der Waals surface area contributed by atoms with E-state index < -0.39 is 0 Å². The molecule has 1 aliphatic rings. The number of rotatable bonds is 4. The topological polar surface area (TPSA) is 72.7 Å². The third-order valence-electron chi connectivity index (χ3n) is 5.93. The summed E-state index contributed by atoms with van der Waals surface area (Å²) in [4.78, 5) is 13.5. The Morgan fingerprint density at radius 3 is 1.35 bits per heavy atom. The average molecular weight is 546 g/mol. The third-order valence-corrected chi connectivity index (χ3v) is 5.93. The number of hydrogen-bond acceptors (Lipinski definition) is 6. The van der Waals surface area contributed by atoms with E-state index >= 15 is 0 Å². The highest BCUT2D eigenvalue weighted by molar-refractivity contribution is 5.88. The number of halogens is 4. The molecule has 1 saturated heterocycles. The Hall–Kier alpha value is -2.06. The molecule has 5 rings (SSSR count). The van der Waals surface area contributed by atoms with Crippen molar-refractivity contribution in [2.24, 2.45) is 0 Å². The summed E-state index contributed by atoms with van der Waals surface area (Å²) in [6, 6.07) is 15.4. The van der Waals surface area contributed by atoms with Crippen LogP contribution in [-0.4, -0.2) is 56.2 Å². The SMILES string of the molecule is Cl.Cl.Cl.Cl.Oc1ccc(CN2CCN(Cc3ccc(O)c4ncccc34)CC2)c2cccnc12. The van der Waals surface area contributed by atoms with Crippen LogP contribution in [0.1, 0.15) is 11.1 Å². The van der Waals surface area contributed by atoms with Crippen LogP contribution in [-0.2, 0) is 13.1 Å². The zero-order chi connectivity index (χ0) is 20.5. The van der Waals surface area contributed by atoms with Crippen molar-refractivity contribution in [3.8, 4) is 11.5 Å². The predicted octanol–water partition coefficient (Wildman–Crippen LogP) is 5.20. The van der Waals surface area contributed by atoms with Crippen LogP contribution in [0.25, 0.3) is 21.8 Å². The van der Waals surface area contributed by atoms with Crippen LogP contribution in [0.5, 0.6) is 11.5 Å². The van der Waals surface area contributed by atoms with Gasteiger partial charge in [0.05, 0.1) is 0 Å². The quantitative estimate of drug-likeness (QED) is 0.367. The molecule has 6 nitrogen and oxygen atoms in total. The molecule has 0 radical (unpaired) electrons. The molecular formula is C24H28Cl4N4O2. The van der Waals surface area contributed by atoms with Gasteiger partial charge in [-0.3, -0.25) is 19.8 Å². The number of fused-ring (bicyclic) bond motifs is 2. The van der Waals surface area contributed by atoms with Crippen LogP contribution in [0.4, 0.5) is 0 Å². The predicted molar refractivity (Wildman–Crippen MR) is 146 cm³/mol. The Labute approximate surface area is 223 Å². The van der Waals surface area contributed by atoms with Crippen molar-refractivity contribution in [3.05, 3.63) is 72.1 Å². The molecule has 3 heterocycles. The maximum atomic E-state index is 10.1. The molecule has 4 aromatic rings. The summed E-state index contributed by atoms with van der Waals surface area (Å²) in [5.41, 5.74) is 3.72. The first-order valence-electron chi connectivity index (χ1n) is 10.2. The van der Waals surface area contributed by atoms with Crippen LogP contribution in [0.2, 0.25) is 0 Å². The van der Waals surface area contributed by atoms with Gasteiger partial charge in [0.15, 0.2) is 0 Å². The Morgan fingerprint density at radius 1 is 0.588 bits per heavy atom. The van der Waals surface area contributed by atoms with Crippen molar-refractivity contribution in [3.63, 3.8) is 0 Å². The number of phenols is 2. The zero-order valence-corrected chi connectivity index (χ0v) is 21.6. The normalized spacial score (nSPS) is 13.9. The molecule has 0 spiro atoms. The van der Waals surface area contributed by atoms with Gasteiger partial charge in [-0.15, -0.1) is 49.6 Å². The van der Waals surface area contributed by atoms with E-state index in [0.29, 0.717) is 11.0 Å². The van der Waals surface area contributed by atoms with Gasteiger partial charge in [-0.05, 0) is 35.4 Å². The maximum Gasteiger partial charge on any atom is 0.141 e. The molecule has 1 fully saturated rings. The molecule has 10 heteroatoms. The second-order valence-electron chi connectivity index (χ2n) is 7.84. The van der Waals surface area contributed by atoms with Crippen molar-refractivity contribution in [2.45, 2.75) is 13.1 Å². The number of phenolic OH excluding ortho intramolecular Hbond substituents is 2. The number of piperazine rings is 1. The number of nitrogens with zero attached hydrogens (tertiary/aromatic N) is 4. The Kier molecular flexibility index (Phi) is 11.6. The third kappa shape index (κ3) is 6.13. The molecule has 34 heavy (non-hydrogen) atoms. The molecule has 0 saturated carbocycles. The second-order valence-corrected chi connectivity index (χ2v) is 7.84. The minimum atomic E-state index is 0. The lowest BCUT2D eigenvalue weighted by atomic mass is 10.1. The van der Waals surface area contributed by atoms with E-state index in [1.165, 1.54) is 11.1 Å². The molecule has 1 aliphatic heterocycles. The molecule has 0 aliphatic carbocycles. The van der Waals surface area contributed by atoms with Gasteiger partial charge in [0, 0.05) is 62.4 Å². The molecule has 0 amide bonds. The summed E-state index contributed by atoms with van der Waals surface area (Å²) in [5.74, 6) is 0.463. The van der Waals surface area contributed by atoms with Crippen molar-refractivity contribution >= 4 is 71.4 Å². The van der Waals surface area contributed by atoms with Gasteiger partial charge in [-0.1, -0.05) is 24.3 Å². The van der Waals surface area contributed by atoms with Gasteiger partial charge in [0.25, 0.3) is 0 Å². The first kappa shape index (κ1) is 30.0. The van der Waals surface area contributed by atoms with E-state index in [2.05, 4.69) is 19.8 Å². The molecule has 2 N–H and O–H groups in total. The van der Waals surface area contributed by atoms with Crippen molar-refractivity contribution in [1.82, 2.24) is 19.8 Å². The summed E-state index contributed by atoms with van der Waals surface area (Å²) < 4.78 is 0. The summed E-state index contributed by atoms with van der Waals surface area (Å²) in [6.07, 6.45) is 3.43. The largest absolute Gasteiger partial charge is 0.506 e. The van der Waals surface area contributed by atoms with Crippen LogP contribution < -0.4 is 0 Å². The van der Waals surface area contributed by atoms with Gasteiger partial charge < -0.3 is 10.2 Å². The monoisotopic (exact) mass is 544 g/mol. The highest BCUT2D eigenvalue weighted by Gasteiger charge is 2.19.